The lowest BCUT2D eigenvalue weighted by molar-refractivity contribution is 0.954. The largest absolute Gasteiger partial charge is 0.348 e. The minimum Gasteiger partial charge on any atom is -0.348 e. The van der Waals surface area contributed by atoms with Crippen molar-refractivity contribution >= 4 is 23.2 Å². The Hall–Kier alpha value is -1.55. The molecular formula is C10H11ClN4. The van der Waals surface area contributed by atoms with Gasteiger partial charge in [-0.25, -0.2) is 4.52 Å². The van der Waals surface area contributed by atoms with Crippen LogP contribution in [0.1, 0.15) is 5.56 Å². The Kier molecular flexibility index (Phi) is 2.60. The molecule has 0 atom stereocenters. The number of anilines is 1. The van der Waals surface area contributed by atoms with Crippen LogP contribution >= 0.6 is 11.6 Å². The molecule has 4 nitrogen and oxygen atoms in total. The van der Waals surface area contributed by atoms with E-state index in [0.29, 0.717) is 17.5 Å². The third kappa shape index (κ3) is 2.10. The average molecular weight is 223 g/mol. The van der Waals surface area contributed by atoms with Crippen molar-refractivity contribution < 1.29 is 0 Å². The highest BCUT2D eigenvalue weighted by molar-refractivity contribution is 6.29. The predicted octanol–water partition coefficient (Wildman–Crippen LogP) is 2.20. The highest BCUT2D eigenvalue weighted by Crippen LogP contribution is 2.10. The van der Waals surface area contributed by atoms with Gasteiger partial charge in [-0.2, -0.15) is 4.98 Å². The van der Waals surface area contributed by atoms with Gasteiger partial charge in [0.1, 0.15) is 0 Å². The summed E-state index contributed by atoms with van der Waals surface area (Å²) in [7, 11) is 0. The highest BCUT2D eigenvalue weighted by atomic mass is 35.5. The zero-order valence-electron chi connectivity index (χ0n) is 8.37. The molecule has 0 aliphatic carbocycles. The zero-order valence-corrected chi connectivity index (χ0v) is 9.12. The Morgan fingerprint density at radius 3 is 3.13 bits per heavy atom. The molecular weight excluding hydrogens is 212 g/mol. The molecule has 2 aromatic rings. The molecule has 0 aromatic carbocycles. The summed E-state index contributed by atoms with van der Waals surface area (Å²) in [5, 5.41) is 7.76. The number of hydrogen-bond acceptors (Lipinski definition) is 3. The van der Waals surface area contributed by atoms with Gasteiger partial charge in [0, 0.05) is 11.2 Å². The van der Waals surface area contributed by atoms with Crippen molar-refractivity contribution in [2.75, 3.05) is 11.9 Å². The van der Waals surface area contributed by atoms with Crippen molar-refractivity contribution in [1.82, 2.24) is 14.6 Å². The van der Waals surface area contributed by atoms with Crippen molar-refractivity contribution in [2.45, 2.75) is 6.92 Å². The maximum Gasteiger partial charge on any atom is 0.243 e. The van der Waals surface area contributed by atoms with E-state index in [-0.39, 0.29) is 0 Å². The molecule has 0 bridgehead atoms. The fourth-order valence-corrected chi connectivity index (χ4v) is 1.36. The van der Waals surface area contributed by atoms with Crippen molar-refractivity contribution in [2.24, 2.45) is 0 Å². The third-order valence-electron chi connectivity index (χ3n) is 2.00. The predicted molar refractivity (Wildman–Crippen MR) is 61.2 cm³/mol. The standard InChI is InChI=1S/C10H11ClN4/c1-7-4-3-5-15-9(7)13-10(14-15)12-6-8(2)11/h3-5H,2,6H2,1H3,(H,12,14). The second kappa shape index (κ2) is 3.90. The van der Waals surface area contributed by atoms with Crippen LogP contribution in [0.2, 0.25) is 0 Å². The lowest BCUT2D eigenvalue weighted by atomic mass is 10.3. The van der Waals surface area contributed by atoms with Crippen LogP contribution in [0.25, 0.3) is 5.65 Å². The molecule has 0 aliphatic heterocycles. The van der Waals surface area contributed by atoms with Crippen molar-refractivity contribution in [3.8, 4) is 0 Å². The van der Waals surface area contributed by atoms with E-state index in [9.17, 15) is 0 Å². The molecule has 0 saturated heterocycles. The normalized spacial score (nSPS) is 10.5. The molecule has 0 aliphatic rings. The minimum absolute atomic E-state index is 0.470. The Labute approximate surface area is 92.6 Å². The van der Waals surface area contributed by atoms with E-state index in [1.54, 1.807) is 4.52 Å². The molecule has 0 unspecified atom stereocenters. The van der Waals surface area contributed by atoms with Gasteiger partial charge in [-0.1, -0.05) is 24.2 Å². The Bertz CT molecular complexity index is 503. The number of rotatable bonds is 3. The highest BCUT2D eigenvalue weighted by Gasteiger charge is 2.04. The van der Waals surface area contributed by atoms with Crippen LogP contribution in [-0.4, -0.2) is 21.1 Å². The lowest BCUT2D eigenvalue weighted by Gasteiger charge is -1.96. The van der Waals surface area contributed by atoms with E-state index in [1.165, 1.54) is 0 Å². The second-order valence-corrected chi connectivity index (χ2v) is 3.80. The summed E-state index contributed by atoms with van der Waals surface area (Å²) in [6.07, 6.45) is 1.86. The molecule has 0 amide bonds. The first-order valence-electron chi connectivity index (χ1n) is 4.56. The molecule has 0 saturated carbocycles. The zero-order chi connectivity index (χ0) is 10.8. The van der Waals surface area contributed by atoms with E-state index >= 15 is 0 Å². The molecule has 1 N–H and O–H groups in total. The molecule has 15 heavy (non-hydrogen) atoms. The Morgan fingerprint density at radius 1 is 1.67 bits per heavy atom. The number of aromatic nitrogens is 3. The Balaban J connectivity index is 2.31. The minimum atomic E-state index is 0.470. The van der Waals surface area contributed by atoms with E-state index < -0.39 is 0 Å². The monoisotopic (exact) mass is 222 g/mol. The van der Waals surface area contributed by atoms with Crippen LogP contribution in [0.4, 0.5) is 5.95 Å². The number of fused-ring (bicyclic) bond motifs is 1. The molecule has 2 rings (SSSR count). The SMILES string of the molecule is C=C(Cl)CNc1nc2c(C)cccn2n1. The summed E-state index contributed by atoms with van der Waals surface area (Å²) in [4.78, 5) is 4.33. The first-order valence-corrected chi connectivity index (χ1v) is 4.94. The summed E-state index contributed by atoms with van der Waals surface area (Å²) >= 11 is 5.64. The topological polar surface area (TPSA) is 42.2 Å². The van der Waals surface area contributed by atoms with Crippen molar-refractivity contribution in [3.63, 3.8) is 0 Å². The molecule has 5 heteroatoms. The van der Waals surface area contributed by atoms with Gasteiger partial charge in [-0.3, -0.25) is 0 Å². The van der Waals surface area contributed by atoms with E-state index in [0.717, 1.165) is 11.2 Å². The van der Waals surface area contributed by atoms with Gasteiger partial charge < -0.3 is 5.32 Å². The fraction of sp³-hybridized carbons (Fsp3) is 0.200. The van der Waals surface area contributed by atoms with Gasteiger partial charge >= 0.3 is 0 Å². The third-order valence-corrected chi connectivity index (χ3v) is 2.13. The number of nitrogens with one attached hydrogen (secondary N) is 1. The summed E-state index contributed by atoms with van der Waals surface area (Å²) in [6.45, 7) is 6.05. The van der Waals surface area contributed by atoms with Crippen LogP contribution in [0.15, 0.2) is 29.9 Å². The van der Waals surface area contributed by atoms with E-state index in [1.807, 2.05) is 25.3 Å². The lowest BCUT2D eigenvalue weighted by Crippen LogP contribution is -2.02. The average Bonchev–Trinajstić information content (AvgIpc) is 2.59. The van der Waals surface area contributed by atoms with Crippen LogP contribution in [0, 0.1) is 6.92 Å². The molecule has 0 radical (unpaired) electrons. The van der Waals surface area contributed by atoms with Crippen LogP contribution < -0.4 is 5.32 Å². The molecule has 2 heterocycles. The molecule has 0 fully saturated rings. The van der Waals surface area contributed by atoms with E-state index in [4.69, 9.17) is 11.6 Å². The number of pyridine rings is 1. The van der Waals surface area contributed by atoms with Crippen LogP contribution in [0.5, 0.6) is 0 Å². The maximum absolute atomic E-state index is 5.64. The maximum atomic E-state index is 5.64. The Morgan fingerprint density at radius 2 is 2.47 bits per heavy atom. The molecule has 78 valence electrons. The fourth-order valence-electron chi connectivity index (χ4n) is 1.29. The number of nitrogens with zero attached hydrogens (tertiary/aromatic N) is 3. The molecule has 2 aromatic heterocycles. The summed E-state index contributed by atoms with van der Waals surface area (Å²) in [5.74, 6) is 0.561. The smallest absolute Gasteiger partial charge is 0.243 e. The summed E-state index contributed by atoms with van der Waals surface area (Å²) in [6, 6.07) is 3.93. The van der Waals surface area contributed by atoms with Crippen molar-refractivity contribution in [1.29, 1.82) is 0 Å². The summed E-state index contributed by atoms with van der Waals surface area (Å²) in [5.41, 5.74) is 1.93. The quantitative estimate of drug-likeness (QED) is 0.866. The van der Waals surface area contributed by atoms with Crippen molar-refractivity contribution in [3.05, 3.63) is 35.5 Å². The van der Waals surface area contributed by atoms with Gasteiger partial charge in [0.2, 0.25) is 5.95 Å². The number of hydrogen-bond donors (Lipinski definition) is 1. The van der Waals surface area contributed by atoms with Crippen LogP contribution in [0.3, 0.4) is 0 Å². The first kappa shape index (κ1) is 9.98. The summed E-state index contributed by atoms with van der Waals surface area (Å²) < 4.78 is 1.73. The van der Waals surface area contributed by atoms with Gasteiger partial charge in [-0.15, -0.1) is 5.10 Å². The number of aryl methyl sites for hydroxylation is 1. The van der Waals surface area contributed by atoms with Gasteiger partial charge in [0.15, 0.2) is 5.65 Å². The first-order chi connectivity index (χ1) is 7.16. The van der Waals surface area contributed by atoms with Gasteiger partial charge in [-0.05, 0) is 18.6 Å². The molecule has 0 spiro atoms. The van der Waals surface area contributed by atoms with Gasteiger partial charge in [0.25, 0.3) is 0 Å². The van der Waals surface area contributed by atoms with Crippen LogP contribution in [-0.2, 0) is 0 Å². The second-order valence-electron chi connectivity index (χ2n) is 3.27. The van der Waals surface area contributed by atoms with Gasteiger partial charge in [0.05, 0.1) is 6.54 Å². The number of halogens is 1. The van der Waals surface area contributed by atoms with E-state index in [2.05, 4.69) is 22.0 Å².